The molecular weight excluding hydrogens is 271 g/mol. The maximum absolute atomic E-state index is 6.23. The second-order valence-electron chi connectivity index (χ2n) is 4.34. The van der Waals surface area contributed by atoms with E-state index in [9.17, 15) is 0 Å². The molecule has 1 heterocycles. The van der Waals surface area contributed by atoms with Crippen LogP contribution in [-0.2, 0) is 17.2 Å². The largest absolute Gasteiger partial charge is 0.377 e. The molecule has 0 radical (unpaired) electrons. The Bertz CT molecular complexity index is 537. The van der Waals surface area contributed by atoms with Crippen LogP contribution in [0.25, 0.3) is 11.0 Å². The number of hydrogen-bond acceptors (Lipinski definition) is 2. The van der Waals surface area contributed by atoms with E-state index in [0.29, 0.717) is 24.1 Å². The zero-order valence-electron chi connectivity index (χ0n) is 10.5. The Kier molecular flexibility index (Phi) is 4.49. The highest BCUT2D eigenvalue weighted by molar-refractivity contribution is 6.35. The second-order valence-corrected chi connectivity index (χ2v) is 5.01. The summed E-state index contributed by atoms with van der Waals surface area (Å²) in [4.78, 5) is 4.48. The predicted octanol–water partition coefficient (Wildman–Crippen LogP) is 3.85. The quantitative estimate of drug-likeness (QED) is 0.781. The van der Waals surface area contributed by atoms with Crippen molar-refractivity contribution in [3.8, 4) is 0 Å². The molecule has 0 aliphatic rings. The summed E-state index contributed by atoms with van der Waals surface area (Å²) in [6.45, 7) is 5.36. The van der Waals surface area contributed by atoms with Gasteiger partial charge in [-0.1, -0.05) is 17.7 Å². The number of alkyl halides is 1. The summed E-state index contributed by atoms with van der Waals surface area (Å²) in [5.74, 6) is 1.19. The normalized spacial score (nSPS) is 11.6. The molecule has 0 amide bonds. The van der Waals surface area contributed by atoms with E-state index >= 15 is 0 Å². The molecule has 0 aliphatic heterocycles. The van der Waals surface area contributed by atoms with Gasteiger partial charge in [-0.05, 0) is 26.0 Å². The first-order valence-corrected chi connectivity index (χ1v) is 6.86. The minimum atomic E-state index is 0.217. The molecule has 0 aliphatic carbocycles. The molecular formula is C13H16Cl2N2O. The maximum Gasteiger partial charge on any atom is 0.124 e. The van der Waals surface area contributed by atoms with Crippen LogP contribution in [0.5, 0.6) is 0 Å². The van der Waals surface area contributed by atoms with Crippen LogP contribution in [-0.4, -0.2) is 22.3 Å². The topological polar surface area (TPSA) is 27.1 Å². The van der Waals surface area contributed by atoms with Crippen LogP contribution in [0.4, 0.5) is 0 Å². The molecule has 0 fully saturated rings. The van der Waals surface area contributed by atoms with E-state index in [2.05, 4.69) is 4.98 Å². The van der Waals surface area contributed by atoms with Gasteiger partial charge < -0.3 is 9.30 Å². The average molecular weight is 287 g/mol. The van der Waals surface area contributed by atoms with Gasteiger partial charge in [0.25, 0.3) is 0 Å². The summed E-state index contributed by atoms with van der Waals surface area (Å²) in [5, 5.41) is 0.695. The van der Waals surface area contributed by atoms with Crippen LogP contribution in [0.1, 0.15) is 19.7 Å². The molecule has 3 nitrogen and oxygen atoms in total. The van der Waals surface area contributed by atoms with Crippen molar-refractivity contribution in [2.45, 2.75) is 32.4 Å². The number of halogens is 2. The molecule has 0 saturated heterocycles. The summed E-state index contributed by atoms with van der Waals surface area (Å²) in [6, 6.07) is 5.70. The fraction of sp³-hybridized carbons (Fsp3) is 0.462. The van der Waals surface area contributed by atoms with Crippen molar-refractivity contribution in [1.82, 2.24) is 9.55 Å². The Morgan fingerprint density at radius 2 is 2.17 bits per heavy atom. The molecule has 0 saturated carbocycles. The molecule has 0 unspecified atom stereocenters. The van der Waals surface area contributed by atoms with Crippen molar-refractivity contribution >= 4 is 34.2 Å². The van der Waals surface area contributed by atoms with Gasteiger partial charge in [-0.3, -0.25) is 0 Å². The molecule has 18 heavy (non-hydrogen) atoms. The lowest BCUT2D eigenvalue weighted by Gasteiger charge is -2.11. The molecule has 98 valence electrons. The van der Waals surface area contributed by atoms with E-state index in [0.717, 1.165) is 16.9 Å². The van der Waals surface area contributed by atoms with E-state index in [4.69, 9.17) is 27.9 Å². The number of imidazole rings is 1. The first kappa shape index (κ1) is 13.7. The molecule has 5 heteroatoms. The molecule has 2 rings (SSSR count). The van der Waals surface area contributed by atoms with Gasteiger partial charge in [0, 0.05) is 6.54 Å². The van der Waals surface area contributed by atoms with Gasteiger partial charge in [0.2, 0.25) is 0 Å². The van der Waals surface area contributed by atoms with Gasteiger partial charge in [-0.25, -0.2) is 4.98 Å². The Morgan fingerprint density at radius 1 is 1.39 bits per heavy atom. The zero-order chi connectivity index (χ0) is 13.1. The summed E-state index contributed by atoms with van der Waals surface area (Å²) in [6.07, 6.45) is 0.217. The van der Waals surface area contributed by atoms with Crippen molar-refractivity contribution in [3.05, 3.63) is 29.0 Å². The molecule has 0 atom stereocenters. The van der Waals surface area contributed by atoms with Crippen LogP contribution >= 0.6 is 23.2 Å². The highest BCUT2D eigenvalue weighted by Crippen LogP contribution is 2.25. The minimum Gasteiger partial charge on any atom is -0.377 e. The highest BCUT2D eigenvalue weighted by Gasteiger charge is 2.12. The Morgan fingerprint density at radius 3 is 2.83 bits per heavy atom. The predicted molar refractivity (Wildman–Crippen MR) is 75.4 cm³/mol. The summed E-state index contributed by atoms with van der Waals surface area (Å²) >= 11 is 12.2. The van der Waals surface area contributed by atoms with E-state index in [-0.39, 0.29) is 6.10 Å². The minimum absolute atomic E-state index is 0.217. The number of para-hydroxylation sites is 1. The molecule has 1 aromatic heterocycles. The number of ether oxygens (including phenoxy) is 1. The third kappa shape index (κ3) is 2.79. The smallest absolute Gasteiger partial charge is 0.124 e. The van der Waals surface area contributed by atoms with Gasteiger partial charge in [0.1, 0.15) is 5.82 Å². The van der Waals surface area contributed by atoms with E-state index in [1.165, 1.54) is 0 Å². The van der Waals surface area contributed by atoms with Crippen LogP contribution < -0.4 is 0 Å². The number of rotatable bonds is 5. The highest BCUT2D eigenvalue weighted by atomic mass is 35.5. The first-order valence-electron chi connectivity index (χ1n) is 5.94. The van der Waals surface area contributed by atoms with Crippen molar-refractivity contribution < 1.29 is 4.74 Å². The second kappa shape index (κ2) is 5.91. The standard InChI is InChI=1S/C13H16Cl2N2O/c1-9(2)18-7-6-17-12(8-14)16-11-5-3-4-10(15)13(11)17/h3-5,9H,6-8H2,1-2H3. The van der Waals surface area contributed by atoms with Crippen LogP contribution in [0.3, 0.4) is 0 Å². The molecule has 0 bridgehead atoms. The Balaban J connectivity index is 2.34. The van der Waals surface area contributed by atoms with Crippen LogP contribution in [0, 0.1) is 0 Å². The summed E-state index contributed by atoms with van der Waals surface area (Å²) < 4.78 is 7.60. The monoisotopic (exact) mass is 286 g/mol. The average Bonchev–Trinajstić information content (AvgIpc) is 2.68. The molecule has 0 spiro atoms. The van der Waals surface area contributed by atoms with Crippen molar-refractivity contribution in [3.63, 3.8) is 0 Å². The summed E-state index contributed by atoms with van der Waals surface area (Å²) in [7, 11) is 0. The maximum atomic E-state index is 6.23. The van der Waals surface area contributed by atoms with E-state index in [1.54, 1.807) is 0 Å². The fourth-order valence-electron chi connectivity index (χ4n) is 1.91. The first-order chi connectivity index (χ1) is 8.63. The lowest BCUT2D eigenvalue weighted by atomic mass is 10.3. The molecule has 0 N–H and O–H groups in total. The zero-order valence-corrected chi connectivity index (χ0v) is 12.0. The van der Waals surface area contributed by atoms with Crippen LogP contribution in [0.15, 0.2) is 18.2 Å². The summed E-state index contributed by atoms with van der Waals surface area (Å²) in [5.41, 5.74) is 1.81. The Labute approximate surface area is 117 Å². The van der Waals surface area contributed by atoms with Crippen LogP contribution in [0.2, 0.25) is 5.02 Å². The van der Waals surface area contributed by atoms with Gasteiger partial charge in [-0.2, -0.15) is 0 Å². The fourth-order valence-corrected chi connectivity index (χ4v) is 2.39. The van der Waals surface area contributed by atoms with Crippen molar-refractivity contribution in [1.29, 1.82) is 0 Å². The van der Waals surface area contributed by atoms with Crippen molar-refractivity contribution in [2.24, 2.45) is 0 Å². The Hall–Kier alpha value is -0.770. The van der Waals surface area contributed by atoms with E-state index in [1.807, 2.05) is 36.6 Å². The third-order valence-corrected chi connectivity index (χ3v) is 3.23. The number of aromatic nitrogens is 2. The van der Waals surface area contributed by atoms with Gasteiger partial charge >= 0.3 is 0 Å². The van der Waals surface area contributed by atoms with Gasteiger partial charge in [0.15, 0.2) is 0 Å². The lowest BCUT2D eigenvalue weighted by molar-refractivity contribution is 0.0730. The molecule has 2 aromatic rings. The molecule has 1 aromatic carbocycles. The lowest BCUT2D eigenvalue weighted by Crippen LogP contribution is -2.12. The van der Waals surface area contributed by atoms with Gasteiger partial charge in [-0.15, -0.1) is 11.6 Å². The van der Waals surface area contributed by atoms with Crippen molar-refractivity contribution in [2.75, 3.05) is 6.61 Å². The number of hydrogen-bond donors (Lipinski definition) is 0. The number of benzene rings is 1. The number of nitrogens with zero attached hydrogens (tertiary/aromatic N) is 2. The number of fused-ring (bicyclic) bond motifs is 1. The third-order valence-electron chi connectivity index (χ3n) is 2.68. The SMILES string of the molecule is CC(C)OCCn1c(CCl)nc2cccc(Cl)c21. The van der Waals surface area contributed by atoms with E-state index < -0.39 is 0 Å². The van der Waals surface area contributed by atoms with Gasteiger partial charge in [0.05, 0.1) is 34.6 Å².